The fraction of sp³-hybridized carbons (Fsp3) is 0.571. The van der Waals surface area contributed by atoms with Crippen LogP contribution in [0.15, 0.2) is 24.3 Å². The molecule has 0 aromatic heterocycles. The average molecular weight is 220 g/mol. The van der Waals surface area contributed by atoms with Gasteiger partial charge in [-0.15, -0.1) is 0 Å². The average Bonchev–Trinajstić information content (AvgIpc) is 2.30. The summed E-state index contributed by atoms with van der Waals surface area (Å²) in [6, 6.07) is 8.38. The Balaban J connectivity index is 2.01. The van der Waals surface area contributed by atoms with Crippen LogP contribution in [0.3, 0.4) is 0 Å². The highest BCUT2D eigenvalue weighted by molar-refractivity contribution is 5.21. The third-order valence-corrected chi connectivity index (χ3v) is 3.67. The molecule has 0 spiro atoms. The zero-order valence-corrected chi connectivity index (χ0v) is 10.2. The molecule has 16 heavy (non-hydrogen) atoms. The van der Waals surface area contributed by atoms with E-state index in [2.05, 4.69) is 19.2 Å². The highest BCUT2D eigenvalue weighted by atomic mass is 16.3. The van der Waals surface area contributed by atoms with E-state index in [0.717, 1.165) is 12.1 Å². The van der Waals surface area contributed by atoms with E-state index < -0.39 is 0 Å². The number of piperidine rings is 1. The van der Waals surface area contributed by atoms with Crippen molar-refractivity contribution in [2.45, 2.75) is 32.4 Å². The van der Waals surface area contributed by atoms with Gasteiger partial charge in [-0.1, -0.05) is 24.3 Å². The molecule has 1 aliphatic heterocycles. The number of hydrogen-bond donors (Lipinski definition) is 1. The van der Waals surface area contributed by atoms with Crippen molar-refractivity contribution in [3.8, 4) is 0 Å². The Hall–Kier alpha value is -0.860. The molecule has 2 rings (SSSR count). The van der Waals surface area contributed by atoms with Gasteiger partial charge in [0.2, 0.25) is 0 Å². The lowest BCUT2D eigenvalue weighted by Crippen LogP contribution is -2.46. The molecule has 0 amide bonds. The second-order valence-electron chi connectivity index (χ2n) is 5.26. The van der Waals surface area contributed by atoms with Crippen molar-refractivity contribution in [2.75, 3.05) is 20.1 Å². The molecule has 0 unspecified atom stereocenters. The van der Waals surface area contributed by atoms with Crippen LogP contribution in [0.25, 0.3) is 0 Å². The first-order valence-corrected chi connectivity index (χ1v) is 6.24. The maximum Gasteiger partial charge on any atom is 0.104 e. The molecule has 0 radical (unpaired) electrons. The normalized spacial score (nSPS) is 19.6. The van der Waals surface area contributed by atoms with Crippen LogP contribution in [0.1, 0.15) is 30.4 Å². The zero-order valence-electron chi connectivity index (χ0n) is 10.2. The Bertz CT molecular complexity index is 325. The number of likely N-dealkylation sites (tertiary alicyclic amines) is 1. The van der Waals surface area contributed by atoms with Crippen molar-refractivity contribution >= 4 is 0 Å². The lowest BCUT2D eigenvalue weighted by atomic mass is 10.1. The largest absolute Gasteiger partial charge is 0.392 e. The van der Waals surface area contributed by atoms with E-state index in [1.807, 2.05) is 12.1 Å². The van der Waals surface area contributed by atoms with Crippen molar-refractivity contribution in [1.82, 2.24) is 0 Å². The van der Waals surface area contributed by atoms with Gasteiger partial charge in [0.05, 0.1) is 26.7 Å². The molecule has 1 aliphatic rings. The molecule has 1 heterocycles. The standard InChI is InChI=1S/C14H22NO/c1-15(9-3-2-4-10-15)11-13-5-7-14(12-16)8-6-13/h5-8,16H,2-4,9-12H2,1H3/q+1. The second-order valence-corrected chi connectivity index (χ2v) is 5.26. The van der Waals surface area contributed by atoms with E-state index >= 15 is 0 Å². The maximum absolute atomic E-state index is 9.00. The summed E-state index contributed by atoms with van der Waals surface area (Å²) in [4.78, 5) is 0. The van der Waals surface area contributed by atoms with Gasteiger partial charge in [0, 0.05) is 5.56 Å². The monoisotopic (exact) mass is 220 g/mol. The first-order chi connectivity index (χ1) is 7.72. The van der Waals surface area contributed by atoms with E-state index in [0.29, 0.717) is 0 Å². The summed E-state index contributed by atoms with van der Waals surface area (Å²) in [7, 11) is 2.36. The van der Waals surface area contributed by atoms with Crippen molar-refractivity contribution < 1.29 is 9.59 Å². The third-order valence-electron chi connectivity index (χ3n) is 3.67. The summed E-state index contributed by atoms with van der Waals surface area (Å²) < 4.78 is 1.18. The summed E-state index contributed by atoms with van der Waals surface area (Å²) in [6.45, 7) is 3.89. The highest BCUT2D eigenvalue weighted by Gasteiger charge is 2.24. The minimum atomic E-state index is 0.145. The van der Waals surface area contributed by atoms with Gasteiger partial charge in [-0.25, -0.2) is 0 Å². The Morgan fingerprint density at radius 3 is 2.12 bits per heavy atom. The number of quaternary nitrogens is 1. The van der Waals surface area contributed by atoms with E-state index in [4.69, 9.17) is 5.11 Å². The molecule has 2 heteroatoms. The predicted octanol–water partition coefficient (Wildman–Crippen LogP) is 2.31. The number of benzene rings is 1. The summed E-state index contributed by atoms with van der Waals surface area (Å²) in [6.07, 6.45) is 4.13. The Labute approximate surface area is 98.1 Å². The van der Waals surface area contributed by atoms with Gasteiger partial charge in [-0.05, 0) is 24.8 Å². The zero-order chi connectivity index (χ0) is 11.4. The van der Waals surface area contributed by atoms with Crippen LogP contribution in [0.4, 0.5) is 0 Å². The van der Waals surface area contributed by atoms with Crippen LogP contribution in [0.5, 0.6) is 0 Å². The smallest absolute Gasteiger partial charge is 0.104 e. The molecule has 1 aromatic carbocycles. The number of rotatable bonds is 3. The Kier molecular flexibility index (Phi) is 3.62. The summed E-state index contributed by atoms with van der Waals surface area (Å²) >= 11 is 0. The van der Waals surface area contributed by atoms with Gasteiger partial charge in [0.25, 0.3) is 0 Å². The Morgan fingerprint density at radius 1 is 1.00 bits per heavy atom. The summed E-state index contributed by atoms with van der Waals surface area (Å²) in [5.74, 6) is 0. The maximum atomic E-state index is 9.00. The van der Waals surface area contributed by atoms with Crippen molar-refractivity contribution in [3.05, 3.63) is 35.4 Å². The molecule has 88 valence electrons. The molecule has 0 saturated carbocycles. The van der Waals surface area contributed by atoms with Crippen LogP contribution < -0.4 is 0 Å². The fourth-order valence-corrected chi connectivity index (χ4v) is 2.62. The van der Waals surface area contributed by atoms with E-state index in [1.165, 1.54) is 42.4 Å². The first-order valence-electron chi connectivity index (χ1n) is 6.24. The van der Waals surface area contributed by atoms with Gasteiger partial charge < -0.3 is 9.59 Å². The molecule has 1 aromatic rings. The molecule has 0 aliphatic carbocycles. The number of aliphatic hydroxyl groups excluding tert-OH is 1. The van der Waals surface area contributed by atoms with Crippen molar-refractivity contribution in [1.29, 1.82) is 0 Å². The quantitative estimate of drug-likeness (QED) is 0.775. The summed E-state index contributed by atoms with van der Waals surface area (Å²) in [5.41, 5.74) is 2.40. The fourth-order valence-electron chi connectivity index (χ4n) is 2.62. The molecule has 0 atom stereocenters. The topological polar surface area (TPSA) is 20.2 Å². The van der Waals surface area contributed by atoms with Gasteiger partial charge in [-0.2, -0.15) is 0 Å². The molecular weight excluding hydrogens is 198 g/mol. The number of aliphatic hydroxyl groups is 1. The second kappa shape index (κ2) is 4.98. The third kappa shape index (κ3) is 2.83. The van der Waals surface area contributed by atoms with E-state index in [9.17, 15) is 0 Å². The van der Waals surface area contributed by atoms with Gasteiger partial charge in [0.15, 0.2) is 0 Å². The van der Waals surface area contributed by atoms with Crippen LogP contribution >= 0.6 is 0 Å². The first kappa shape index (κ1) is 11.6. The number of hydrogen-bond acceptors (Lipinski definition) is 1. The molecular formula is C14H22NO+. The van der Waals surface area contributed by atoms with Crippen molar-refractivity contribution in [2.24, 2.45) is 0 Å². The van der Waals surface area contributed by atoms with E-state index in [-0.39, 0.29) is 6.61 Å². The number of nitrogens with zero attached hydrogens (tertiary/aromatic N) is 1. The predicted molar refractivity (Wildman–Crippen MR) is 65.8 cm³/mol. The minimum absolute atomic E-state index is 0.145. The molecule has 1 saturated heterocycles. The van der Waals surface area contributed by atoms with Gasteiger partial charge in [0.1, 0.15) is 6.54 Å². The van der Waals surface area contributed by atoms with Crippen molar-refractivity contribution in [3.63, 3.8) is 0 Å². The van der Waals surface area contributed by atoms with Crippen LogP contribution in [0.2, 0.25) is 0 Å². The lowest BCUT2D eigenvalue weighted by Gasteiger charge is -2.37. The van der Waals surface area contributed by atoms with E-state index in [1.54, 1.807) is 0 Å². The highest BCUT2D eigenvalue weighted by Crippen LogP contribution is 2.20. The van der Waals surface area contributed by atoms with Crippen LogP contribution in [-0.4, -0.2) is 29.7 Å². The van der Waals surface area contributed by atoms with Crippen LogP contribution in [0, 0.1) is 0 Å². The molecule has 1 N–H and O–H groups in total. The van der Waals surface area contributed by atoms with Crippen LogP contribution in [-0.2, 0) is 13.2 Å². The molecule has 1 fully saturated rings. The summed E-state index contributed by atoms with van der Waals surface area (Å²) in [5, 5.41) is 9.00. The lowest BCUT2D eigenvalue weighted by molar-refractivity contribution is -0.926. The Morgan fingerprint density at radius 2 is 1.56 bits per heavy atom. The van der Waals surface area contributed by atoms with Gasteiger partial charge >= 0.3 is 0 Å². The minimum Gasteiger partial charge on any atom is -0.392 e. The van der Waals surface area contributed by atoms with Gasteiger partial charge in [-0.3, -0.25) is 0 Å². The SMILES string of the molecule is C[N+]1(Cc2ccc(CO)cc2)CCCCC1. The molecule has 2 nitrogen and oxygen atoms in total. The molecule has 0 bridgehead atoms.